The number of aliphatic carboxylic acids is 1. The molecule has 1 atom stereocenters. The summed E-state index contributed by atoms with van der Waals surface area (Å²) in [4.78, 5) is 10.9. The maximum absolute atomic E-state index is 10.9. The van der Waals surface area contributed by atoms with Crippen molar-refractivity contribution in [1.29, 1.82) is 0 Å². The first-order chi connectivity index (χ1) is 7.61. The van der Waals surface area contributed by atoms with Gasteiger partial charge in [-0.25, -0.2) is 0 Å². The zero-order valence-corrected chi connectivity index (χ0v) is 9.45. The Labute approximate surface area is 94.4 Å². The predicted octanol–water partition coefficient (Wildman–Crippen LogP) is 1.46. The molecule has 0 aliphatic heterocycles. The molecule has 1 unspecified atom stereocenters. The quantitative estimate of drug-likeness (QED) is 0.810. The molecule has 0 aromatic carbocycles. The highest BCUT2D eigenvalue weighted by atomic mass is 16.4. The highest BCUT2D eigenvalue weighted by Crippen LogP contribution is 2.42. The van der Waals surface area contributed by atoms with E-state index in [1.165, 1.54) is 0 Å². The lowest BCUT2D eigenvalue weighted by Crippen LogP contribution is -2.35. The van der Waals surface area contributed by atoms with Crippen LogP contribution in [0.1, 0.15) is 36.8 Å². The van der Waals surface area contributed by atoms with Gasteiger partial charge in [-0.2, -0.15) is 0 Å². The SMILES string of the molecule is CCc1cc2c(o1)C(CN)(CC(=O)O)CC2. The lowest BCUT2D eigenvalue weighted by Gasteiger charge is -2.24. The van der Waals surface area contributed by atoms with Crippen LogP contribution in [-0.4, -0.2) is 17.6 Å². The highest BCUT2D eigenvalue weighted by Gasteiger charge is 2.43. The van der Waals surface area contributed by atoms with Crippen LogP contribution in [0.15, 0.2) is 10.5 Å². The zero-order valence-electron chi connectivity index (χ0n) is 9.45. The second-order valence-corrected chi connectivity index (χ2v) is 4.48. The highest BCUT2D eigenvalue weighted by molar-refractivity contribution is 5.69. The summed E-state index contributed by atoms with van der Waals surface area (Å²) in [5.74, 6) is 0.926. The number of carboxylic acids is 1. The van der Waals surface area contributed by atoms with Crippen LogP contribution >= 0.6 is 0 Å². The maximum atomic E-state index is 10.9. The smallest absolute Gasteiger partial charge is 0.304 e. The molecule has 2 rings (SSSR count). The van der Waals surface area contributed by atoms with Crippen molar-refractivity contribution in [2.45, 2.75) is 38.0 Å². The Hall–Kier alpha value is -1.29. The van der Waals surface area contributed by atoms with Crippen LogP contribution in [-0.2, 0) is 23.1 Å². The first-order valence-corrected chi connectivity index (χ1v) is 5.65. The summed E-state index contributed by atoms with van der Waals surface area (Å²) in [6.07, 6.45) is 2.56. The Kier molecular flexibility index (Phi) is 2.76. The number of fused-ring (bicyclic) bond motifs is 1. The normalized spacial score (nSPS) is 23.4. The molecule has 1 aromatic heterocycles. The van der Waals surface area contributed by atoms with Gasteiger partial charge in [-0.1, -0.05) is 6.92 Å². The van der Waals surface area contributed by atoms with Crippen LogP contribution in [0.25, 0.3) is 0 Å². The molecule has 4 heteroatoms. The first-order valence-electron chi connectivity index (χ1n) is 5.65. The molecule has 0 fully saturated rings. The van der Waals surface area contributed by atoms with E-state index in [2.05, 4.69) is 0 Å². The summed E-state index contributed by atoms with van der Waals surface area (Å²) in [7, 11) is 0. The van der Waals surface area contributed by atoms with Crippen molar-refractivity contribution in [3.05, 3.63) is 23.2 Å². The minimum Gasteiger partial charge on any atom is -0.481 e. The van der Waals surface area contributed by atoms with Crippen molar-refractivity contribution in [2.24, 2.45) is 5.73 Å². The summed E-state index contributed by atoms with van der Waals surface area (Å²) in [5, 5.41) is 8.96. The van der Waals surface area contributed by atoms with E-state index in [0.717, 1.165) is 36.3 Å². The number of nitrogens with two attached hydrogens (primary N) is 1. The van der Waals surface area contributed by atoms with E-state index in [1.807, 2.05) is 13.0 Å². The van der Waals surface area contributed by atoms with Gasteiger partial charge in [-0.3, -0.25) is 4.79 Å². The molecule has 0 saturated heterocycles. The fraction of sp³-hybridized carbons (Fsp3) is 0.583. The Morgan fingerprint density at radius 3 is 3.00 bits per heavy atom. The minimum atomic E-state index is -0.812. The van der Waals surface area contributed by atoms with Crippen molar-refractivity contribution >= 4 is 5.97 Å². The fourth-order valence-electron chi connectivity index (χ4n) is 2.51. The summed E-state index contributed by atoms with van der Waals surface area (Å²) in [6, 6.07) is 2.04. The molecule has 88 valence electrons. The van der Waals surface area contributed by atoms with Gasteiger partial charge in [-0.15, -0.1) is 0 Å². The van der Waals surface area contributed by atoms with Gasteiger partial charge in [0, 0.05) is 13.0 Å². The van der Waals surface area contributed by atoms with E-state index >= 15 is 0 Å². The Balaban J connectivity index is 2.37. The molecule has 0 bridgehead atoms. The van der Waals surface area contributed by atoms with Crippen molar-refractivity contribution < 1.29 is 14.3 Å². The average molecular weight is 223 g/mol. The molecule has 0 amide bonds. The van der Waals surface area contributed by atoms with Crippen molar-refractivity contribution in [3.8, 4) is 0 Å². The van der Waals surface area contributed by atoms with E-state index in [1.54, 1.807) is 0 Å². The monoisotopic (exact) mass is 223 g/mol. The number of carboxylic acid groups (broad SMARTS) is 1. The first kappa shape index (κ1) is 11.2. The second kappa shape index (κ2) is 3.94. The fourth-order valence-corrected chi connectivity index (χ4v) is 2.51. The maximum Gasteiger partial charge on any atom is 0.304 e. The van der Waals surface area contributed by atoms with Crippen LogP contribution in [0.3, 0.4) is 0 Å². The van der Waals surface area contributed by atoms with Gasteiger partial charge in [0.15, 0.2) is 0 Å². The molecule has 3 N–H and O–H groups in total. The van der Waals surface area contributed by atoms with Crippen LogP contribution in [0.5, 0.6) is 0 Å². The minimum absolute atomic E-state index is 0.0627. The van der Waals surface area contributed by atoms with E-state index in [-0.39, 0.29) is 6.42 Å². The third-order valence-electron chi connectivity index (χ3n) is 3.44. The van der Waals surface area contributed by atoms with E-state index < -0.39 is 11.4 Å². The number of furan rings is 1. The van der Waals surface area contributed by atoms with Gasteiger partial charge in [0.05, 0.1) is 11.8 Å². The van der Waals surface area contributed by atoms with Crippen molar-refractivity contribution in [2.75, 3.05) is 6.54 Å². The summed E-state index contributed by atoms with van der Waals surface area (Å²) >= 11 is 0. The Bertz CT molecular complexity index is 410. The number of rotatable bonds is 4. The largest absolute Gasteiger partial charge is 0.481 e. The Morgan fingerprint density at radius 2 is 2.44 bits per heavy atom. The third-order valence-corrected chi connectivity index (χ3v) is 3.44. The summed E-state index contributed by atoms with van der Waals surface area (Å²) in [6.45, 7) is 2.36. The van der Waals surface area contributed by atoms with Crippen LogP contribution < -0.4 is 5.73 Å². The predicted molar refractivity (Wildman–Crippen MR) is 59.4 cm³/mol. The number of hydrogen-bond acceptors (Lipinski definition) is 3. The molecule has 1 aliphatic carbocycles. The van der Waals surface area contributed by atoms with E-state index in [0.29, 0.717) is 6.54 Å². The molecule has 1 aliphatic rings. The zero-order chi connectivity index (χ0) is 11.8. The third kappa shape index (κ3) is 1.63. The van der Waals surface area contributed by atoms with Crippen LogP contribution in [0, 0.1) is 0 Å². The van der Waals surface area contributed by atoms with Crippen LogP contribution in [0.2, 0.25) is 0 Å². The average Bonchev–Trinajstić information content (AvgIpc) is 2.78. The molecule has 0 saturated carbocycles. The topological polar surface area (TPSA) is 76.5 Å². The van der Waals surface area contributed by atoms with Gasteiger partial charge < -0.3 is 15.3 Å². The summed E-state index contributed by atoms with van der Waals surface area (Å²) in [5.41, 5.74) is 6.42. The standard InChI is InChI=1S/C12H17NO3/c1-2-9-5-8-3-4-12(7-13,6-10(14)15)11(8)16-9/h5H,2-4,6-7,13H2,1H3,(H,14,15). The second-order valence-electron chi connectivity index (χ2n) is 4.48. The van der Waals surface area contributed by atoms with Crippen molar-refractivity contribution in [3.63, 3.8) is 0 Å². The van der Waals surface area contributed by atoms with Gasteiger partial charge in [0.1, 0.15) is 11.5 Å². The molecular formula is C12H17NO3. The van der Waals surface area contributed by atoms with Gasteiger partial charge in [-0.05, 0) is 24.5 Å². The van der Waals surface area contributed by atoms with Gasteiger partial charge in [0.2, 0.25) is 0 Å². The number of hydrogen-bond donors (Lipinski definition) is 2. The lowest BCUT2D eigenvalue weighted by atomic mass is 9.83. The molecule has 0 spiro atoms. The molecular weight excluding hydrogens is 206 g/mol. The van der Waals surface area contributed by atoms with Gasteiger partial charge >= 0.3 is 5.97 Å². The molecule has 1 heterocycles. The van der Waals surface area contributed by atoms with Crippen LogP contribution in [0.4, 0.5) is 0 Å². The van der Waals surface area contributed by atoms with Gasteiger partial charge in [0.25, 0.3) is 0 Å². The number of aryl methyl sites for hydroxylation is 2. The molecule has 16 heavy (non-hydrogen) atoms. The lowest BCUT2D eigenvalue weighted by molar-refractivity contribution is -0.138. The number of carbonyl (C=O) groups is 1. The molecule has 1 aromatic rings. The Morgan fingerprint density at radius 1 is 1.69 bits per heavy atom. The van der Waals surface area contributed by atoms with Crippen molar-refractivity contribution in [1.82, 2.24) is 0 Å². The molecule has 0 radical (unpaired) electrons. The van der Waals surface area contributed by atoms with E-state index in [9.17, 15) is 4.79 Å². The molecule has 4 nitrogen and oxygen atoms in total. The van der Waals surface area contributed by atoms with E-state index in [4.69, 9.17) is 15.3 Å². The summed E-state index contributed by atoms with van der Waals surface area (Å²) < 4.78 is 5.74.